The summed E-state index contributed by atoms with van der Waals surface area (Å²) in [5.74, 6) is 0.583. The van der Waals surface area contributed by atoms with E-state index in [4.69, 9.17) is 10.00 Å². The molecule has 0 aliphatic carbocycles. The fraction of sp³-hybridized carbons (Fsp3) is 0.364. The standard InChI is InChI=1S/C11H13BrN2O3S/c1-3-17-11-5-4-9(8-10(11)12)18(15,16)14(2)7-6-13/h4-5,8H,3,7H2,1-2H3. The lowest BCUT2D eigenvalue weighted by molar-refractivity contribution is 0.338. The van der Waals surface area contributed by atoms with Crippen LogP contribution < -0.4 is 4.74 Å². The quantitative estimate of drug-likeness (QED) is 0.773. The molecule has 18 heavy (non-hydrogen) atoms. The van der Waals surface area contributed by atoms with Crippen molar-refractivity contribution >= 4 is 26.0 Å². The van der Waals surface area contributed by atoms with E-state index in [0.717, 1.165) is 4.31 Å². The molecule has 5 nitrogen and oxygen atoms in total. The normalized spacial score (nSPS) is 11.3. The van der Waals surface area contributed by atoms with E-state index in [1.165, 1.54) is 19.2 Å². The fourth-order valence-electron chi connectivity index (χ4n) is 1.28. The molecule has 0 saturated heterocycles. The summed E-state index contributed by atoms with van der Waals surface area (Å²) in [4.78, 5) is 0.121. The molecule has 0 amide bonds. The molecule has 0 bridgehead atoms. The minimum Gasteiger partial charge on any atom is -0.493 e. The van der Waals surface area contributed by atoms with Gasteiger partial charge in [-0.3, -0.25) is 0 Å². The molecule has 0 spiro atoms. The summed E-state index contributed by atoms with van der Waals surface area (Å²) in [6.45, 7) is 2.16. The molecule has 0 fully saturated rings. The van der Waals surface area contributed by atoms with Gasteiger partial charge in [0.05, 0.1) is 22.0 Å². The first-order valence-electron chi connectivity index (χ1n) is 5.19. The van der Waals surface area contributed by atoms with Gasteiger partial charge in [-0.2, -0.15) is 9.57 Å². The molecule has 0 aliphatic heterocycles. The van der Waals surface area contributed by atoms with Crippen LogP contribution in [0.4, 0.5) is 0 Å². The minimum absolute atomic E-state index is 0.121. The molecular formula is C11H13BrN2O3S. The van der Waals surface area contributed by atoms with Gasteiger partial charge in [0.25, 0.3) is 0 Å². The van der Waals surface area contributed by atoms with Gasteiger partial charge in [0, 0.05) is 7.05 Å². The van der Waals surface area contributed by atoms with E-state index in [9.17, 15) is 8.42 Å². The summed E-state index contributed by atoms with van der Waals surface area (Å²) >= 11 is 3.26. The average molecular weight is 333 g/mol. The summed E-state index contributed by atoms with van der Waals surface area (Å²) in [6, 6.07) is 6.31. The SMILES string of the molecule is CCOc1ccc(S(=O)(=O)N(C)CC#N)cc1Br. The van der Waals surface area contributed by atoms with Gasteiger partial charge in [-0.15, -0.1) is 0 Å². The molecule has 0 aliphatic rings. The van der Waals surface area contributed by atoms with Crippen LogP contribution in [0.1, 0.15) is 6.92 Å². The topological polar surface area (TPSA) is 70.4 Å². The number of sulfonamides is 1. The van der Waals surface area contributed by atoms with Crippen molar-refractivity contribution in [2.45, 2.75) is 11.8 Å². The van der Waals surface area contributed by atoms with Crippen LogP contribution in [-0.4, -0.2) is 32.9 Å². The zero-order valence-corrected chi connectivity index (χ0v) is 12.5. The second-order valence-corrected chi connectivity index (χ2v) is 6.34. The molecule has 0 heterocycles. The van der Waals surface area contributed by atoms with Crippen LogP contribution in [0, 0.1) is 11.3 Å². The van der Waals surface area contributed by atoms with Crippen molar-refractivity contribution in [3.8, 4) is 11.8 Å². The van der Waals surface area contributed by atoms with E-state index in [2.05, 4.69) is 15.9 Å². The Hall–Kier alpha value is -1.10. The van der Waals surface area contributed by atoms with Crippen molar-refractivity contribution in [1.82, 2.24) is 4.31 Å². The number of hydrogen-bond donors (Lipinski definition) is 0. The third kappa shape index (κ3) is 3.22. The van der Waals surface area contributed by atoms with Crippen molar-refractivity contribution in [3.05, 3.63) is 22.7 Å². The van der Waals surface area contributed by atoms with Crippen LogP contribution in [0.25, 0.3) is 0 Å². The van der Waals surface area contributed by atoms with E-state index in [0.29, 0.717) is 16.8 Å². The van der Waals surface area contributed by atoms with Gasteiger partial charge in [-0.25, -0.2) is 8.42 Å². The Labute approximate surface area is 115 Å². The summed E-state index contributed by atoms with van der Waals surface area (Å²) in [6.07, 6.45) is 0. The van der Waals surface area contributed by atoms with Crippen molar-refractivity contribution in [1.29, 1.82) is 5.26 Å². The van der Waals surface area contributed by atoms with Crippen LogP contribution in [0.2, 0.25) is 0 Å². The number of rotatable bonds is 5. The van der Waals surface area contributed by atoms with Crippen LogP contribution in [0.3, 0.4) is 0 Å². The summed E-state index contributed by atoms with van der Waals surface area (Å²) in [5, 5.41) is 8.53. The molecule has 7 heteroatoms. The van der Waals surface area contributed by atoms with Crippen molar-refractivity contribution < 1.29 is 13.2 Å². The summed E-state index contributed by atoms with van der Waals surface area (Å²) in [7, 11) is -2.27. The van der Waals surface area contributed by atoms with Gasteiger partial charge >= 0.3 is 0 Å². The second-order valence-electron chi connectivity index (χ2n) is 3.44. The lowest BCUT2D eigenvalue weighted by Crippen LogP contribution is -2.27. The number of benzene rings is 1. The molecule has 0 unspecified atom stereocenters. The van der Waals surface area contributed by atoms with Gasteiger partial charge < -0.3 is 4.74 Å². The molecule has 0 radical (unpaired) electrons. The Balaban J connectivity index is 3.12. The lowest BCUT2D eigenvalue weighted by atomic mass is 10.3. The number of hydrogen-bond acceptors (Lipinski definition) is 4. The number of ether oxygens (including phenoxy) is 1. The summed E-state index contributed by atoms with van der Waals surface area (Å²) in [5.41, 5.74) is 0. The Morgan fingerprint density at radius 2 is 2.17 bits per heavy atom. The van der Waals surface area contributed by atoms with Crippen LogP contribution in [0.15, 0.2) is 27.6 Å². The highest BCUT2D eigenvalue weighted by Crippen LogP contribution is 2.28. The van der Waals surface area contributed by atoms with Crippen LogP contribution >= 0.6 is 15.9 Å². The second kappa shape index (κ2) is 6.18. The first-order chi connectivity index (χ1) is 8.43. The van der Waals surface area contributed by atoms with E-state index in [1.807, 2.05) is 6.92 Å². The van der Waals surface area contributed by atoms with Crippen molar-refractivity contribution in [3.63, 3.8) is 0 Å². The smallest absolute Gasteiger partial charge is 0.243 e. The van der Waals surface area contributed by atoms with Gasteiger partial charge in [0.15, 0.2) is 0 Å². The predicted octanol–water partition coefficient (Wildman–Crippen LogP) is 1.99. The molecule has 1 rings (SSSR count). The highest BCUT2D eigenvalue weighted by molar-refractivity contribution is 9.10. The van der Waals surface area contributed by atoms with E-state index >= 15 is 0 Å². The van der Waals surface area contributed by atoms with Crippen molar-refractivity contribution in [2.75, 3.05) is 20.2 Å². The molecule has 1 aromatic rings. The zero-order chi connectivity index (χ0) is 13.8. The maximum Gasteiger partial charge on any atom is 0.243 e. The van der Waals surface area contributed by atoms with Gasteiger partial charge in [0.1, 0.15) is 12.3 Å². The Bertz CT molecular complexity index is 566. The molecule has 0 N–H and O–H groups in total. The Kier molecular flexibility index (Phi) is 5.14. The zero-order valence-electron chi connectivity index (χ0n) is 10.1. The summed E-state index contributed by atoms with van der Waals surface area (Å²) < 4.78 is 31.0. The third-order valence-electron chi connectivity index (χ3n) is 2.20. The molecule has 98 valence electrons. The predicted molar refractivity (Wildman–Crippen MR) is 70.7 cm³/mol. The third-order valence-corrected chi connectivity index (χ3v) is 4.62. The fourth-order valence-corrected chi connectivity index (χ4v) is 3.02. The largest absolute Gasteiger partial charge is 0.493 e. The molecule has 1 aromatic carbocycles. The van der Waals surface area contributed by atoms with Gasteiger partial charge in [-0.1, -0.05) is 0 Å². The Morgan fingerprint density at radius 3 is 2.67 bits per heavy atom. The molecular weight excluding hydrogens is 320 g/mol. The minimum atomic E-state index is -3.63. The highest BCUT2D eigenvalue weighted by Gasteiger charge is 2.21. The van der Waals surface area contributed by atoms with Gasteiger partial charge in [-0.05, 0) is 41.1 Å². The van der Waals surface area contributed by atoms with E-state index in [-0.39, 0.29) is 11.4 Å². The van der Waals surface area contributed by atoms with Crippen molar-refractivity contribution in [2.24, 2.45) is 0 Å². The Morgan fingerprint density at radius 1 is 1.50 bits per heavy atom. The van der Waals surface area contributed by atoms with Crippen LogP contribution in [0.5, 0.6) is 5.75 Å². The first kappa shape index (κ1) is 15.0. The maximum atomic E-state index is 12.1. The number of nitrogens with zero attached hydrogens (tertiary/aromatic N) is 2. The van der Waals surface area contributed by atoms with Crippen LogP contribution in [-0.2, 0) is 10.0 Å². The van der Waals surface area contributed by atoms with E-state index < -0.39 is 10.0 Å². The average Bonchev–Trinajstić information content (AvgIpc) is 2.32. The number of halogens is 1. The first-order valence-corrected chi connectivity index (χ1v) is 7.42. The number of nitriles is 1. The maximum absolute atomic E-state index is 12.1. The molecule has 0 saturated carbocycles. The molecule has 0 aromatic heterocycles. The van der Waals surface area contributed by atoms with Gasteiger partial charge in [0.2, 0.25) is 10.0 Å². The monoisotopic (exact) mass is 332 g/mol. The highest BCUT2D eigenvalue weighted by atomic mass is 79.9. The van der Waals surface area contributed by atoms with E-state index in [1.54, 1.807) is 12.1 Å². The lowest BCUT2D eigenvalue weighted by Gasteiger charge is -2.14. The molecule has 0 atom stereocenters.